The van der Waals surface area contributed by atoms with E-state index in [-0.39, 0.29) is 18.1 Å². The number of nitrogens with one attached hydrogen (secondary N) is 1. The molecule has 0 bridgehead atoms. The molecule has 2 aliphatic heterocycles. The van der Waals surface area contributed by atoms with Crippen molar-refractivity contribution in [1.29, 1.82) is 0 Å². The SMILES string of the molecule is Cc1cccc(COc2c(Br)cc(/C=C3\C(=O)NC(=O)N(c4ccc5c(c4)OCO5)C3=O)cc2Br)c1. The van der Waals surface area contributed by atoms with Gasteiger partial charge < -0.3 is 14.2 Å². The second kappa shape index (κ2) is 9.79. The number of hydrogen-bond acceptors (Lipinski definition) is 6. The third-order valence-corrected chi connectivity index (χ3v) is 6.69. The standard InChI is InChI=1S/C26H18Br2N2O6/c1-14-3-2-4-15(7-14)12-34-23-19(27)9-16(10-20(23)28)8-18-24(31)29-26(33)30(25(18)32)17-5-6-21-22(11-17)36-13-35-21/h2-11H,12-13H2,1H3,(H,29,31,33)/b18-8+. The maximum absolute atomic E-state index is 13.2. The molecular formula is C26H18Br2N2O6. The summed E-state index contributed by atoms with van der Waals surface area (Å²) in [7, 11) is 0. The summed E-state index contributed by atoms with van der Waals surface area (Å²) in [6.07, 6.45) is 1.42. The Hall–Kier alpha value is -3.63. The van der Waals surface area contributed by atoms with Crippen LogP contribution in [0.1, 0.15) is 16.7 Å². The average Bonchev–Trinajstić information content (AvgIpc) is 3.29. The molecule has 10 heteroatoms. The molecule has 0 aromatic heterocycles. The first kappa shape index (κ1) is 24.1. The lowest BCUT2D eigenvalue weighted by molar-refractivity contribution is -0.122. The van der Waals surface area contributed by atoms with Gasteiger partial charge in [-0.2, -0.15) is 0 Å². The molecule has 1 N–H and O–H groups in total. The number of benzene rings is 3. The van der Waals surface area contributed by atoms with Gasteiger partial charge in [0.25, 0.3) is 11.8 Å². The number of fused-ring (bicyclic) bond motifs is 1. The van der Waals surface area contributed by atoms with Gasteiger partial charge >= 0.3 is 6.03 Å². The highest BCUT2D eigenvalue weighted by Crippen LogP contribution is 2.38. The van der Waals surface area contributed by atoms with E-state index in [1.807, 2.05) is 31.2 Å². The molecule has 4 amide bonds. The lowest BCUT2D eigenvalue weighted by Crippen LogP contribution is -2.54. The van der Waals surface area contributed by atoms with Gasteiger partial charge in [-0.1, -0.05) is 29.8 Å². The van der Waals surface area contributed by atoms with E-state index in [9.17, 15) is 14.4 Å². The Morgan fingerprint density at radius 2 is 1.75 bits per heavy atom. The van der Waals surface area contributed by atoms with E-state index in [4.69, 9.17) is 14.2 Å². The minimum atomic E-state index is -0.844. The van der Waals surface area contributed by atoms with Crippen molar-refractivity contribution in [3.05, 3.63) is 85.8 Å². The molecule has 1 fully saturated rings. The minimum absolute atomic E-state index is 0.0526. The normalized spacial score (nSPS) is 15.9. The zero-order valence-corrected chi connectivity index (χ0v) is 22.0. The summed E-state index contributed by atoms with van der Waals surface area (Å²) < 4.78 is 17.9. The van der Waals surface area contributed by atoms with E-state index < -0.39 is 17.8 Å². The largest absolute Gasteiger partial charge is 0.487 e. The zero-order chi connectivity index (χ0) is 25.4. The van der Waals surface area contributed by atoms with E-state index >= 15 is 0 Å². The first-order valence-electron chi connectivity index (χ1n) is 10.8. The second-order valence-corrected chi connectivity index (χ2v) is 9.80. The van der Waals surface area contributed by atoms with Crippen LogP contribution in [-0.4, -0.2) is 24.6 Å². The molecule has 2 aliphatic rings. The Morgan fingerprint density at radius 3 is 2.50 bits per heavy atom. The Bertz CT molecular complexity index is 1430. The summed E-state index contributed by atoms with van der Waals surface area (Å²) in [6.45, 7) is 2.44. The molecule has 1 saturated heterocycles. The van der Waals surface area contributed by atoms with Crippen LogP contribution in [0, 0.1) is 6.92 Å². The number of nitrogens with zero attached hydrogens (tertiary/aromatic N) is 1. The van der Waals surface area contributed by atoms with E-state index in [0.717, 1.165) is 16.0 Å². The fourth-order valence-corrected chi connectivity index (χ4v) is 5.29. The van der Waals surface area contributed by atoms with Crippen LogP contribution in [0.15, 0.2) is 69.1 Å². The van der Waals surface area contributed by atoms with Crippen LogP contribution in [0.4, 0.5) is 10.5 Å². The topological polar surface area (TPSA) is 94.2 Å². The van der Waals surface area contributed by atoms with Crippen LogP contribution in [-0.2, 0) is 16.2 Å². The van der Waals surface area contributed by atoms with Crippen LogP contribution in [0.3, 0.4) is 0 Å². The molecule has 0 aliphatic carbocycles. The van der Waals surface area contributed by atoms with Gasteiger partial charge in [0.2, 0.25) is 6.79 Å². The molecule has 3 aromatic carbocycles. The molecule has 0 radical (unpaired) electrons. The number of halogens is 2. The molecular weight excluding hydrogens is 596 g/mol. The molecule has 2 heterocycles. The van der Waals surface area contributed by atoms with Gasteiger partial charge in [-0.3, -0.25) is 14.9 Å². The predicted molar refractivity (Wildman–Crippen MR) is 139 cm³/mol. The van der Waals surface area contributed by atoms with Crippen LogP contribution >= 0.6 is 31.9 Å². The summed E-state index contributed by atoms with van der Waals surface area (Å²) in [6, 6.07) is 15.3. The van der Waals surface area contributed by atoms with Crippen molar-refractivity contribution >= 4 is 61.5 Å². The molecule has 8 nitrogen and oxygen atoms in total. The number of aryl methyl sites for hydroxylation is 1. The quantitative estimate of drug-likeness (QED) is 0.302. The number of anilines is 1. The maximum Gasteiger partial charge on any atom is 0.335 e. The highest BCUT2D eigenvalue weighted by Gasteiger charge is 2.37. The summed E-state index contributed by atoms with van der Waals surface area (Å²) in [4.78, 5) is 39.2. The van der Waals surface area contributed by atoms with Crippen LogP contribution < -0.4 is 24.4 Å². The van der Waals surface area contributed by atoms with Gasteiger partial charge in [0, 0.05) is 6.07 Å². The fourth-order valence-electron chi connectivity index (χ4n) is 3.84. The van der Waals surface area contributed by atoms with Gasteiger partial charge in [0.1, 0.15) is 17.9 Å². The molecule has 3 aromatic rings. The Morgan fingerprint density at radius 1 is 1.00 bits per heavy atom. The van der Waals surface area contributed by atoms with Crippen molar-refractivity contribution in [2.24, 2.45) is 0 Å². The highest BCUT2D eigenvalue weighted by molar-refractivity contribution is 9.11. The molecule has 182 valence electrons. The van der Waals surface area contributed by atoms with Crippen molar-refractivity contribution in [1.82, 2.24) is 5.32 Å². The third kappa shape index (κ3) is 4.74. The number of carbonyl (C=O) groups is 3. The van der Waals surface area contributed by atoms with Crippen LogP contribution in [0.2, 0.25) is 0 Å². The van der Waals surface area contributed by atoms with Crippen molar-refractivity contribution in [2.45, 2.75) is 13.5 Å². The van der Waals surface area contributed by atoms with Gasteiger partial charge in [0.15, 0.2) is 11.5 Å². The number of urea groups is 1. The molecule has 0 spiro atoms. The summed E-state index contributed by atoms with van der Waals surface area (Å²) in [5, 5.41) is 2.22. The second-order valence-electron chi connectivity index (χ2n) is 8.09. The van der Waals surface area contributed by atoms with Crippen LogP contribution in [0.25, 0.3) is 6.08 Å². The number of rotatable bonds is 5. The summed E-state index contributed by atoms with van der Waals surface area (Å²) in [5.41, 5.74) is 2.77. The van der Waals surface area contributed by atoms with E-state index in [1.54, 1.807) is 24.3 Å². The third-order valence-electron chi connectivity index (χ3n) is 5.51. The molecule has 5 rings (SSSR count). The van der Waals surface area contributed by atoms with Crippen LogP contribution in [0.5, 0.6) is 17.2 Å². The summed E-state index contributed by atoms with van der Waals surface area (Å²) in [5.74, 6) is -0.0431. The van der Waals surface area contributed by atoms with Crippen molar-refractivity contribution < 1.29 is 28.6 Å². The molecule has 0 saturated carbocycles. The van der Waals surface area contributed by atoms with E-state index in [2.05, 4.69) is 37.2 Å². The maximum atomic E-state index is 13.2. The predicted octanol–water partition coefficient (Wildman–Crippen LogP) is 5.49. The van der Waals surface area contributed by atoms with Gasteiger partial charge in [-0.25, -0.2) is 9.69 Å². The van der Waals surface area contributed by atoms with E-state index in [1.165, 1.54) is 12.1 Å². The first-order chi connectivity index (χ1) is 17.3. The minimum Gasteiger partial charge on any atom is -0.487 e. The molecule has 36 heavy (non-hydrogen) atoms. The number of hydrogen-bond donors (Lipinski definition) is 1. The number of carbonyl (C=O) groups excluding carboxylic acids is 3. The summed E-state index contributed by atoms with van der Waals surface area (Å²) >= 11 is 7.02. The number of ether oxygens (including phenoxy) is 3. The lowest BCUT2D eigenvalue weighted by Gasteiger charge is -2.26. The Kier molecular flexibility index (Phi) is 6.55. The first-order valence-corrected chi connectivity index (χ1v) is 12.4. The van der Waals surface area contributed by atoms with Crippen molar-refractivity contribution in [3.8, 4) is 17.2 Å². The highest BCUT2D eigenvalue weighted by atomic mass is 79.9. The van der Waals surface area contributed by atoms with Gasteiger partial charge in [0.05, 0.1) is 14.6 Å². The number of amides is 4. The van der Waals surface area contributed by atoms with Crippen molar-refractivity contribution in [2.75, 3.05) is 11.7 Å². The zero-order valence-electron chi connectivity index (χ0n) is 18.8. The average molecular weight is 614 g/mol. The monoisotopic (exact) mass is 612 g/mol. The van der Waals surface area contributed by atoms with Gasteiger partial charge in [-0.15, -0.1) is 0 Å². The van der Waals surface area contributed by atoms with Crippen molar-refractivity contribution in [3.63, 3.8) is 0 Å². The van der Waals surface area contributed by atoms with E-state index in [0.29, 0.717) is 38.4 Å². The lowest BCUT2D eigenvalue weighted by atomic mass is 10.1. The number of barbiturate groups is 1. The van der Waals surface area contributed by atoms with Gasteiger partial charge in [-0.05, 0) is 80.3 Å². The Balaban J connectivity index is 1.41. The fraction of sp³-hybridized carbons (Fsp3) is 0.115. The number of imide groups is 2. The Labute approximate surface area is 223 Å². The smallest absolute Gasteiger partial charge is 0.335 e. The molecule has 0 unspecified atom stereocenters. The molecule has 0 atom stereocenters.